The third-order valence-electron chi connectivity index (χ3n) is 2.98. The van der Waals surface area contributed by atoms with Crippen molar-refractivity contribution >= 4 is 11.6 Å². The number of likely N-dealkylation sites (tertiary alicyclic amines) is 1. The highest BCUT2D eigenvalue weighted by Gasteiger charge is 2.30. The van der Waals surface area contributed by atoms with Gasteiger partial charge >= 0.3 is 0 Å². The summed E-state index contributed by atoms with van der Waals surface area (Å²) >= 11 is 6.12. The van der Waals surface area contributed by atoms with Gasteiger partial charge in [0.15, 0.2) is 0 Å². The van der Waals surface area contributed by atoms with Gasteiger partial charge in [-0.05, 0) is 26.2 Å². The van der Waals surface area contributed by atoms with Crippen LogP contribution in [0.1, 0.15) is 40.0 Å². The Balaban J connectivity index is 2.50. The Labute approximate surface area is 81.1 Å². The Morgan fingerprint density at radius 2 is 2.00 bits per heavy atom. The van der Waals surface area contributed by atoms with E-state index in [1.165, 1.54) is 12.8 Å². The van der Waals surface area contributed by atoms with Crippen LogP contribution in [0.15, 0.2) is 0 Å². The Hall–Kier alpha value is 0.250. The molecule has 0 spiro atoms. The van der Waals surface area contributed by atoms with Crippen molar-refractivity contribution in [2.24, 2.45) is 0 Å². The van der Waals surface area contributed by atoms with E-state index < -0.39 is 0 Å². The van der Waals surface area contributed by atoms with E-state index in [1.807, 2.05) is 0 Å². The molecule has 1 saturated heterocycles. The summed E-state index contributed by atoms with van der Waals surface area (Å²) in [5.74, 6) is 0. The van der Waals surface area contributed by atoms with Crippen LogP contribution < -0.4 is 0 Å². The minimum Gasteiger partial charge on any atom is -0.296 e. The van der Waals surface area contributed by atoms with Crippen LogP contribution in [0, 0.1) is 0 Å². The zero-order valence-corrected chi connectivity index (χ0v) is 9.14. The SMILES string of the molecule is CCC(CC)N1CC(Cl)CC1C. The summed E-state index contributed by atoms with van der Waals surface area (Å²) < 4.78 is 0. The van der Waals surface area contributed by atoms with Gasteiger partial charge in [-0.1, -0.05) is 13.8 Å². The maximum atomic E-state index is 6.12. The molecule has 12 heavy (non-hydrogen) atoms. The fraction of sp³-hybridized carbons (Fsp3) is 1.00. The average molecular weight is 190 g/mol. The van der Waals surface area contributed by atoms with E-state index in [2.05, 4.69) is 25.7 Å². The van der Waals surface area contributed by atoms with E-state index in [4.69, 9.17) is 11.6 Å². The van der Waals surface area contributed by atoms with Gasteiger partial charge in [0, 0.05) is 24.0 Å². The highest BCUT2D eigenvalue weighted by atomic mass is 35.5. The van der Waals surface area contributed by atoms with E-state index in [-0.39, 0.29) is 0 Å². The quantitative estimate of drug-likeness (QED) is 0.618. The lowest BCUT2D eigenvalue weighted by Gasteiger charge is -2.29. The highest BCUT2D eigenvalue weighted by Crippen LogP contribution is 2.25. The van der Waals surface area contributed by atoms with Gasteiger partial charge in [0.05, 0.1) is 0 Å². The van der Waals surface area contributed by atoms with Crippen molar-refractivity contribution in [1.82, 2.24) is 4.90 Å². The molecule has 0 bridgehead atoms. The normalized spacial score (nSPS) is 31.8. The van der Waals surface area contributed by atoms with E-state index >= 15 is 0 Å². The predicted molar refractivity (Wildman–Crippen MR) is 54.8 cm³/mol. The monoisotopic (exact) mass is 189 g/mol. The second kappa shape index (κ2) is 4.48. The molecule has 0 aromatic carbocycles. The first-order valence-corrected chi connectivity index (χ1v) is 5.52. The molecule has 1 heterocycles. The molecule has 1 aliphatic heterocycles. The molecule has 0 aromatic rings. The largest absolute Gasteiger partial charge is 0.296 e. The summed E-state index contributed by atoms with van der Waals surface area (Å²) in [4.78, 5) is 2.57. The van der Waals surface area contributed by atoms with Gasteiger partial charge in [-0.25, -0.2) is 0 Å². The van der Waals surface area contributed by atoms with Gasteiger partial charge in [-0.2, -0.15) is 0 Å². The summed E-state index contributed by atoms with van der Waals surface area (Å²) in [6, 6.07) is 1.45. The summed E-state index contributed by atoms with van der Waals surface area (Å²) in [5, 5.41) is 0.389. The van der Waals surface area contributed by atoms with Crippen molar-refractivity contribution in [2.75, 3.05) is 6.54 Å². The van der Waals surface area contributed by atoms with E-state index in [0.717, 1.165) is 19.0 Å². The number of halogens is 1. The predicted octanol–water partition coefficient (Wildman–Crippen LogP) is 2.88. The molecule has 2 heteroatoms. The van der Waals surface area contributed by atoms with Gasteiger partial charge in [-0.15, -0.1) is 11.6 Å². The topological polar surface area (TPSA) is 3.24 Å². The lowest BCUT2D eigenvalue weighted by atomic mass is 10.1. The average Bonchev–Trinajstić information content (AvgIpc) is 2.34. The Kier molecular flexibility index (Phi) is 3.85. The van der Waals surface area contributed by atoms with Crippen LogP contribution in [0.4, 0.5) is 0 Å². The Morgan fingerprint density at radius 3 is 2.33 bits per heavy atom. The molecule has 1 rings (SSSR count). The standard InChI is InChI=1S/C10H20ClN/c1-4-10(5-2)12-7-9(11)6-8(12)3/h8-10H,4-7H2,1-3H3. The summed E-state index contributed by atoms with van der Waals surface area (Å²) in [6.07, 6.45) is 3.67. The maximum Gasteiger partial charge on any atom is 0.0478 e. The number of hydrogen-bond donors (Lipinski definition) is 0. The van der Waals surface area contributed by atoms with Crippen molar-refractivity contribution in [3.05, 3.63) is 0 Å². The first-order chi connectivity index (χ1) is 5.69. The smallest absolute Gasteiger partial charge is 0.0478 e. The molecule has 1 aliphatic rings. The van der Waals surface area contributed by atoms with E-state index in [0.29, 0.717) is 11.4 Å². The molecule has 72 valence electrons. The van der Waals surface area contributed by atoms with E-state index in [1.54, 1.807) is 0 Å². The van der Waals surface area contributed by atoms with Gasteiger partial charge in [0.25, 0.3) is 0 Å². The number of rotatable bonds is 3. The van der Waals surface area contributed by atoms with Crippen molar-refractivity contribution in [2.45, 2.75) is 57.5 Å². The minimum atomic E-state index is 0.389. The van der Waals surface area contributed by atoms with Crippen LogP contribution in [-0.2, 0) is 0 Å². The van der Waals surface area contributed by atoms with Gasteiger partial charge in [0.2, 0.25) is 0 Å². The first kappa shape index (κ1) is 10.3. The van der Waals surface area contributed by atoms with Crippen molar-refractivity contribution < 1.29 is 0 Å². The minimum absolute atomic E-state index is 0.389. The molecule has 0 aromatic heterocycles. The number of nitrogens with zero attached hydrogens (tertiary/aromatic N) is 1. The molecular weight excluding hydrogens is 170 g/mol. The molecule has 2 unspecified atom stereocenters. The lowest BCUT2D eigenvalue weighted by molar-refractivity contribution is 0.180. The molecule has 0 aliphatic carbocycles. The zero-order valence-electron chi connectivity index (χ0n) is 8.39. The van der Waals surface area contributed by atoms with Crippen molar-refractivity contribution in [1.29, 1.82) is 0 Å². The molecule has 0 radical (unpaired) electrons. The number of hydrogen-bond acceptors (Lipinski definition) is 1. The van der Waals surface area contributed by atoms with Crippen molar-refractivity contribution in [3.63, 3.8) is 0 Å². The van der Waals surface area contributed by atoms with Gasteiger partial charge < -0.3 is 0 Å². The highest BCUT2D eigenvalue weighted by molar-refractivity contribution is 6.21. The first-order valence-electron chi connectivity index (χ1n) is 5.08. The summed E-state index contributed by atoms with van der Waals surface area (Å²) in [5.41, 5.74) is 0. The second-order valence-corrected chi connectivity index (χ2v) is 4.47. The number of alkyl halides is 1. The molecular formula is C10H20ClN. The fourth-order valence-corrected chi connectivity index (χ4v) is 2.67. The molecule has 1 fully saturated rings. The summed E-state index contributed by atoms with van der Waals surface area (Å²) in [6.45, 7) is 7.92. The Bertz CT molecular complexity index is 134. The van der Waals surface area contributed by atoms with Crippen LogP contribution in [0.5, 0.6) is 0 Å². The van der Waals surface area contributed by atoms with Gasteiger partial charge in [0.1, 0.15) is 0 Å². The van der Waals surface area contributed by atoms with Crippen LogP contribution in [0.3, 0.4) is 0 Å². The fourth-order valence-electron chi connectivity index (χ4n) is 2.26. The second-order valence-electron chi connectivity index (χ2n) is 3.85. The maximum absolute atomic E-state index is 6.12. The van der Waals surface area contributed by atoms with Crippen molar-refractivity contribution in [3.8, 4) is 0 Å². The lowest BCUT2D eigenvalue weighted by Crippen LogP contribution is -2.37. The molecule has 0 saturated carbocycles. The molecule has 0 N–H and O–H groups in total. The van der Waals surface area contributed by atoms with Crippen LogP contribution in [0.2, 0.25) is 0 Å². The van der Waals surface area contributed by atoms with Gasteiger partial charge in [-0.3, -0.25) is 4.90 Å². The molecule has 2 atom stereocenters. The van der Waals surface area contributed by atoms with E-state index in [9.17, 15) is 0 Å². The molecule has 0 amide bonds. The Morgan fingerprint density at radius 1 is 1.42 bits per heavy atom. The van der Waals surface area contributed by atoms with Crippen LogP contribution >= 0.6 is 11.6 Å². The third kappa shape index (κ3) is 2.14. The van der Waals surface area contributed by atoms with Crippen LogP contribution in [0.25, 0.3) is 0 Å². The summed E-state index contributed by atoms with van der Waals surface area (Å²) in [7, 11) is 0. The zero-order chi connectivity index (χ0) is 9.14. The van der Waals surface area contributed by atoms with Crippen LogP contribution in [-0.4, -0.2) is 28.9 Å². The third-order valence-corrected chi connectivity index (χ3v) is 3.30. The molecule has 1 nitrogen and oxygen atoms in total.